The second-order valence-electron chi connectivity index (χ2n) is 8.07. The molecule has 0 saturated carbocycles. The average Bonchev–Trinajstić information content (AvgIpc) is 2.89. The van der Waals surface area contributed by atoms with E-state index in [1.54, 1.807) is 0 Å². The molecule has 0 fully saturated rings. The molecule has 0 aliphatic heterocycles. The lowest BCUT2D eigenvalue weighted by atomic mass is 10.1. The van der Waals surface area contributed by atoms with E-state index in [-0.39, 0.29) is 57.8 Å². The summed E-state index contributed by atoms with van der Waals surface area (Å²) < 4.78 is 20.4. The summed E-state index contributed by atoms with van der Waals surface area (Å²) in [7, 11) is 0. The molecule has 1 aromatic rings. The summed E-state index contributed by atoms with van der Waals surface area (Å²) >= 11 is 0. The monoisotopic (exact) mass is 510 g/mol. The van der Waals surface area contributed by atoms with Crippen molar-refractivity contribution in [1.82, 2.24) is 0 Å². The molecule has 0 aliphatic rings. The van der Waals surface area contributed by atoms with Crippen LogP contribution in [0.2, 0.25) is 0 Å². The summed E-state index contributed by atoms with van der Waals surface area (Å²) in [5.41, 5.74) is 0.638. The van der Waals surface area contributed by atoms with Gasteiger partial charge in [-0.25, -0.2) is 9.59 Å². The summed E-state index contributed by atoms with van der Waals surface area (Å²) in [5.74, 6) is -1.65. The Bertz CT molecular complexity index is 775. The van der Waals surface area contributed by atoms with Crippen molar-refractivity contribution in [1.29, 1.82) is 0 Å². The third-order valence-electron chi connectivity index (χ3n) is 5.00. The zero-order valence-electron chi connectivity index (χ0n) is 20.8. The first-order valence-corrected chi connectivity index (χ1v) is 12.4. The summed E-state index contributed by atoms with van der Waals surface area (Å²) in [6, 6.07) is 5.97. The van der Waals surface area contributed by atoms with Crippen LogP contribution in [0.4, 0.5) is 0 Å². The van der Waals surface area contributed by atoms with Gasteiger partial charge in [0.1, 0.15) is 0 Å². The molecule has 10 heteroatoms. The molecular formula is C26H38O10. The van der Waals surface area contributed by atoms with Gasteiger partial charge in [-0.15, -0.1) is 0 Å². The molecule has 0 amide bonds. The molecule has 0 aromatic heterocycles. The highest BCUT2D eigenvalue weighted by Gasteiger charge is 2.11. The predicted octanol–water partition coefficient (Wildman–Crippen LogP) is 2.97. The van der Waals surface area contributed by atoms with Gasteiger partial charge in [0.05, 0.1) is 37.6 Å². The van der Waals surface area contributed by atoms with Gasteiger partial charge >= 0.3 is 23.9 Å². The minimum Gasteiger partial charge on any atom is -0.466 e. The number of rotatable bonds is 20. The third-order valence-corrected chi connectivity index (χ3v) is 5.00. The molecule has 1 rings (SSSR count). The fourth-order valence-corrected chi connectivity index (χ4v) is 2.93. The number of carbonyl (C=O) groups excluding carboxylic acids is 4. The van der Waals surface area contributed by atoms with Crippen molar-refractivity contribution in [3.63, 3.8) is 0 Å². The Balaban J connectivity index is 2.07. The number of carbonyl (C=O) groups is 4. The van der Waals surface area contributed by atoms with Crippen molar-refractivity contribution in [2.45, 2.75) is 64.2 Å². The highest BCUT2D eigenvalue weighted by Crippen LogP contribution is 2.09. The second-order valence-corrected chi connectivity index (χ2v) is 8.07. The Kier molecular flexibility index (Phi) is 17.5. The minimum absolute atomic E-state index is 0.0503. The third kappa shape index (κ3) is 15.1. The van der Waals surface area contributed by atoms with E-state index in [1.807, 2.05) is 0 Å². The Morgan fingerprint density at radius 1 is 0.500 bits per heavy atom. The lowest BCUT2D eigenvalue weighted by molar-refractivity contribution is -0.146. The molecule has 36 heavy (non-hydrogen) atoms. The lowest BCUT2D eigenvalue weighted by Gasteiger charge is -2.07. The first-order valence-electron chi connectivity index (χ1n) is 12.4. The zero-order valence-corrected chi connectivity index (χ0v) is 20.8. The molecule has 202 valence electrons. The van der Waals surface area contributed by atoms with E-state index < -0.39 is 11.9 Å². The summed E-state index contributed by atoms with van der Waals surface area (Å²) in [4.78, 5) is 47.2. The molecule has 0 saturated heterocycles. The van der Waals surface area contributed by atoms with Crippen molar-refractivity contribution in [3.05, 3.63) is 35.4 Å². The van der Waals surface area contributed by atoms with Crippen molar-refractivity contribution < 1.29 is 48.3 Å². The molecule has 0 aliphatic carbocycles. The second kappa shape index (κ2) is 20.2. The number of benzene rings is 1. The number of ether oxygens (including phenoxy) is 4. The van der Waals surface area contributed by atoms with Crippen LogP contribution in [-0.4, -0.2) is 73.7 Å². The Morgan fingerprint density at radius 2 is 0.833 bits per heavy atom. The Labute approximate surface area is 211 Å². The maximum Gasteiger partial charge on any atom is 0.338 e. The van der Waals surface area contributed by atoms with E-state index >= 15 is 0 Å². The quantitative estimate of drug-likeness (QED) is 0.152. The highest BCUT2D eigenvalue weighted by atomic mass is 16.5. The van der Waals surface area contributed by atoms with Gasteiger partial charge in [0.15, 0.2) is 0 Å². The van der Waals surface area contributed by atoms with Crippen LogP contribution in [0, 0.1) is 0 Å². The van der Waals surface area contributed by atoms with Gasteiger partial charge in [-0.05, 0) is 75.6 Å². The van der Waals surface area contributed by atoms with Crippen LogP contribution in [0.5, 0.6) is 0 Å². The van der Waals surface area contributed by atoms with Crippen LogP contribution in [-0.2, 0) is 28.5 Å². The largest absolute Gasteiger partial charge is 0.466 e. The SMILES string of the molecule is O=C(CCCCC(=O)OCCCCOC(=O)c1ccc(C(=O)OCCCCO)cc1)OCCCCO. The van der Waals surface area contributed by atoms with Crippen LogP contribution in [0.3, 0.4) is 0 Å². The van der Waals surface area contributed by atoms with E-state index in [1.165, 1.54) is 24.3 Å². The van der Waals surface area contributed by atoms with Crippen LogP contribution >= 0.6 is 0 Å². The molecule has 0 bridgehead atoms. The van der Waals surface area contributed by atoms with E-state index in [9.17, 15) is 19.2 Å². The summed E-state index contributed by atoms with van der Waals surface area (Å²) in [5, 5.41) is 17.4. The van der Waals surface area contributed by atoms with E-state index in [2.05, 4.69) is 0 Å². The highest BCUT2D eigenvalue weighted by molar-refractivity contribution is 5.93. The predicted molar refractivity (Wildman–Crippen MR) is 129 cm³/mol. The standard InChI is InChI=1S/C26H38O10/c27-15-3-5-17-33-23(29)9-1-2-10-24(30)34-18-7-8-20-36-26(32)22-13-11-21(12-14-22)25(31)35-19-6-4-16-28/h11-14,27-28H,1-10,15-20H2. The summed E-state index contributed by atoms with van der Waals surface area (Å²) in [6.45, 7) is 1.04. The van der Waals surface area contributed by atoms with Gasteiger partial charge in [-0.2, -0.15) is 0 Å². The Hall–Kier alpha value is -2.98. The molecule has 10 nitrogen and oxygen atoms in total. The Morgan fingerprint density at radius 3 is 1.19 bits per heavy atom. The maximum absolute atomic E-state index is 12.1. The number of aliphatic hydroxyl groups is 2. The first kappa shape index (κ1) is 31.1. The van der Waals surface area contributed by atoms with Crippen molar-refractivity contribution in [3.8, 4) is 0 Å². The number of unbranched alkanes of at least 4 members (excludes halogenated alkanes) is 4. The van der Waals surface area contributed by atoms with Crippen LogP contribution < -0.4 is 0 Å². The number of hydrogen-bond acceptors (Lipinski definition) is 10. The molecule has 0 heterocycles. The van der Waals surface area contributed by atoms with Crippen molar-refractivity contribution in [2.24, 2.45) is 0 Å². The van der Waals surface area contributed by atoms with E-state index in [0.717, 1.165) is 0 Å². The number of esters is 4. The van der Waals surface area contributed by atoms with Gasteiger partial charge in [0.25, 0.3) is 0 Å². The van der Waals surface area contributed by atoms with Crippen LogP contribution in [0.25, 0.3) is 0 Å². The zero-order chi connectivity index (χ0) is 26.4. The van der Waals surface area contributed by atoms with Gasteiger partial charge in [0.2, 0.25) is 0 Å². The van der Waals surface area contributed by atoms with E-state index in [4.69, 9.17) is 29.2 Å². The van der Waals surface area contributed by atoms with Crippen LogP contribution in [0.15, 0.2) is 24.3 Å². The van der Waals surface area contributed by atoms with Gasteiger partial charge in [-0.3, -0.25) is 9.59 Å². The molecule has 1 aromatic carbocycles. The maximum atomic E-state index is 12.1. The summed E-state index contributed by atoms with van der Waals surface area (Å²) in [6.07, 6.45) is 4.98. The minimum atomic E-state index is -0.512. The first-order chi connectivity index (χ1) is 17.5. The number of aliphatic hydroxyl groups excluding tert-OH is 2. The van der Waals surface area contributed by atoms with Gasteiger partial charge in [0, 0.05) is 26.1 Å². The fourth-order valence-electron chi connectivity index (χ4n) is 2.93. The topological polar surface area (TPSA) is 146 Å². The van der Waals surface area contributed by atoms with Crippen LogP contribution in [0.1, 0.15) is 84.9 Å². The molecule has 0 atom stereocenters. The van der Waals surface area contributed by atoms with Crippen molar-refractivity contribution in [2.75, 3.05) is 39.6 Å². The van der Waals surface area contributed by atoms with Crippen molar-refractivity contribution >= 4 is 23.9 Å². The van der Waals surface area contributed by atoms with Gasteiger partial charge in [-0.1, -0.05) is 0 Å². The van der Waals surface area contributed by atoms with E-state index in [0.29, 0.717) is 69.1 Å². The smallest absolute Gasteiger partial charge is 0.338 e. The molecule has 0 radical (unpaired) electrons. The normalized spacial score (nSPS) is 10.5. The van der Waals surface area contributed by atoms with Gasteiger partial charge < -0.3 is 29.2 Å². The molecular weight excluding hydrogens is 472 g/mol. The number of hydrogen-bond donors (Lipinski definition) is 2. The molecule has 2 N–H and O–H groups in total. The fraction of sp³-hybridized carbons (Fsp3) is 0.615. The molecule has 0 unspecified atom stereocenters. The lowest BCUT2D eigenvalue weighted by Crippen LogP contribution is -2.10. The average molecular weight is 511 g/mol. The molecule has 0 spiro atoms.